The van der Waals surface area contributed by atoms with Crippen LogP contribution in [0.2, 0.25) is 0 Å². The SMILES string of the molecule is C[C@H]1Oc2cc(cnc2N)-c2c(C#N)noc2CN=C(C=CN)c2ccc(F)cc21. The molecule has 1 atom stereocenters. The quantitative estimate of drug-likeness (QED) is 0.635. The van der Waals surface area contributed by atoms with Crippen molar-refractivity contribution in [1.82, 2.24) is 10.1 Å². The molecule has 8 nitrogen and oxygen atoms in total. The summed E-state index contributed by atoms with van der Waals surface area (Å²) in [5, 5.41) is 13.3. The molecule has 0 unspecified atom stereocenters. The van der Waals surface area contributed by atoms with Crippen molar-refractivity contribution in [1.29, 1.82) is 5.26 Å². The van der Waals surface area contributed by atoms with Gasteiger partial charge in [0.05, 0.1) is 11.3 Å². The van der Waals surface area contributed by atoms with Gasteiger partial charge in [0.25, 0.3) is 0 Å². The lowest BCUT2D eigenvalue weighted by molar-refractivity contribution is 0.227. The summed E-state index contributed by atoms with van der Waals surface area (Å²) in [4.78, 5) is 8.75. The Balaban J connectivity index is 2.00. The van der Waals surface area contributed by atoms with Crippen molar-refractivity contribution in [2.75, 3.05) is 5.73 Å². The standard InChI is InChI=1S/C21H17FN6O2/c1-11-15-7-13(22)2-3-14(15)16(4-5-23)26-10-19-20(17(8-24)28-30-19)12-6-18(29-11)21(25)27-9-12/h2-7,9,11H,10,23H2,1H3,(H2,25,27)/t11-/m1/s1. The van der Waals surface area contributed by atoms with Crippen LogP contribution in [0.25, 0.3) is 11.1 Å². The topological polar surface area (TPSA) is 136 Å². The summed E-state index contributed by atoms with van der Waals surface area (Å²) in [6.45, 7) is 1.85. The summed E-state index contributed by atoms with van der Waals surface area (Å²) in [5.74, 6) is 0.403. The van der Waals surface area contributed by atoms with Gasteiger partial charge >= 0.3 is 0 Å². The molecule has 1 aliphatic heterocycles. The van der Waals surface area contributed by atoms with Gasteiger partial charge in [-0.25, -0.2) is 9.37 Å². The molecule has 0 radical (unpaired) electrons. The largest absolute Gasteiger partial charge is 0.482 e. The van der Waals surface area contributed by atoms with Gasteiger partial charge in [-0.15, -0.1) is 0 Å². The Morgan fingerprint density at radius 3 is 2.93 bits per heavy atom. The van der Waals surface area contributed by atoms with E-state index in [1.807, 2.05) is 6.07 Å². The van der Waals surface area contributed by atoms with Gasteiger partial charge in [-0.2, -0.15) is 5.26 Å². The molecule has 4 N–H and O–H groups in total. The molecule has 1 aliphatic rings. The molecule has 1 aromatic carbocycles. The number of nitrogens with zero attached hydrogens (tertiary/aromatic N) is 4. The van der Waals surface area contributed by atoms with E-state index in [0.717, 1.165) is 0 Å². The number of allylic oxidation sites excluding steroid dienone is 1. The third kappa shape index (κ3) is 3.35. The molecule has 0 fully saturated rings. The number of halogens is 1. The van der Waals surface area contributed by atoms with E-state index in [1.54, 1.807) is 25.1 Å². The number of aromatic nitrogens is 2. The zero-order valence-electron chi connectivity index (χ0n) is 16.0. The lowest BCUT2D eigenvalue weighted by atomic mass is 9.98. The summed E-state index contributed by atoms with van der Waals surface area (Å²) in [7, 11) is 0. The van der Waals surface area contributed by atoms with E-state index in [2.05, 4.69) is 15.1 Å². The minimum Gasteiger partial charge on any atom is -0.482 e. The van der Waals surface area contributed by atoms with Crippen LogP contribution in [0, 0.1) is 17.1 Å². The number of hydrogen-bond donors (Lipinski definition) is 2. The summed E-state index contributed by atoms with van der Waals surface area (Å²) < 4.78 is 25.4. The second kappa shape index (κ2) is 7.67. The Kier molecular flexibility index (Phi) is 4.90. The normalized spacial score (nSPS) is 15.8. The molecule has 3 heterocycles. The van der Waals surface area contributed by atoms with Crippen molar-refractivity contribution >= 4 is 11.5 Å². The highest BCUT2D eigenvalue weighted by Gasteiger charge is 2.23. The van der Waals surface area contributed by atoms with Crippen LogP contribution in [0.4, 0.5) is 10.2 Å². The molecule has 4 rings (SSSR count). The van der Waals surface area contributed by atoms with Crippen molar-refractivity contribution in [3.8, 4) is 22.9 Å². The number of nitriles is 1. The number of nitrogens with two attached hydrogens (primary N) is 2. The van der Waals surface area contributed by atoms with Gasteiger partial charge in [0.1, 0.15) is 24.5 Å². The number of anilines is 1. The Labute approximate surface area is 171 Å². The molecule has 9 heteroatoms. The molecule has 30 heavy (non-hydrogen) atoms. The summed E-state index contributed by atoms with van der Waals surface area (Å²) >= 11 is 0. The predicted molar refractivity (Wildman–Crippen MR) is 108 cm³/mol. The van der Waals surface area contributed by atoms with Gasteiger partial charge < -0.3 is 20.7 Å². The Morgan fingerprint density at radius 1 is 1.33 bits per heavy atom. The number of aliphatic imine (C=N–C) groups is 1. The van der Waals surface area contributed by atoms with Crippen molar-refractivity contribution in [2.45, 2.75) is 19.6 Å². The van der Waals surface area contributed by atoms with Crippen LogP contribution in [0.5, 0.6) is 5.75 Å². The minimum absolute atomic E-state index is 0.0788. The number of hydrogen-bond acceptors (Lipinski definition) is 8. The average molecular weight is 404 g/mol. The lowest BCUT2D eigenvalue weighted by Crippen LogP contribution is -2.13. The molecule has 0 aliphatic carbocycles. The van der Waals surface area contributed by atoms with E-state index in [4.69, 9.17) is 20.7 Å². The molecule has 0 saturated heterocycles. The van der Waals surface area contributed by atoms with Crippen molar-refractivity contribution < 1.29 is 13.7 Å². The number of nitrogen functional groups attached to an aromatic ring is 1. The highest BCUT2D eigenvalue weighted by atomic mass is 19.1. The van der Waals surface area contributed by atoms with Crippen LogP contribution < -0.4 is 16.2 Å². The van der Waals surface area contributed by atoms with E-state index in [9.17, 15) is 9.65 Å². The Hall–Kier alpha value is -4.19. The van der Waals surface area contributed by atoms with Crippen LogP contribution in [0.3, 0.4) is 0 Å². The fourth-order valence-corrected chi connectivity index (χ4v) is 3.33. The van der Waals surface area contributed by atoms with E-state index in [1.165, 1.54) is 24.5 Å². The van der Waals surface area contributed by atoms with Crippen LogP contribution in [0.15, 0.2) is 52.3 Å². The van der Waals surface area contributed by atoms with Crippen LogP contribution in [-0.2, 0) is 6.54 Å². The predicted octanol–water partition coefficient (Wildman–Crippen LogP) is 3.24. The lowest BCUT2D eigenvalue weighted by Gasteiger charge is -2.20. The van der Waals surface area contributed by atoms with Crippen molar-refractivity contribution in [2.24, 2.45) is 10.7 Å². The van der Waals surface area contributed by atoms with E-state index >= 15 is 0 Å². The number of rotatable bonds is 1. The number of ether oxygens (including phenoxy) is 1. The monoisotopic (exact) mass is 404 g/mol. The zero-order chi connectivity index (χ0) is 21.3. The van der Waals surface area contributed by atoms with Crippen molar-refractivity contribution in [3.63, 3.8) is 0 Å². The maximum Gasteiger partial charge on any atom is 0.191 e. The first-order chi connectivity index (χ1) is 14.5. The third-order valence-corrected chi connectivity index (χ3v) is 4.72. The Bertz CT molecular complexity index is 1220. The van der Waals surface area contributed by atoms with Gasteiger partial charge in [0.15, 0.2) is 23.0 Å². The van der Waals surface area contributed by atoms with Crippen LogP contribution >= 0.6 is 0 Å². The summed E-state index contributed by atoms with van der Waals surface area (Å²) in [6, 6.07) is 7.99. The number of pyridine rings is 1. The molecule has 2 aromatic heterocycles. The molecule has 3 aromatic rings. The Morgan fingerprint density at radius 2 is 2.17 bits per heavy atom. The maximum atomic E-state index is 14.0. The summed E-state index contributed by atoms with van der Waals surface area (Å²) in [5.41, 5.74) is 14.4. The molecule has 2 bridgehead atoms. The molecule has 0 saturated carbocycles. The average Bonchev–Trinajstić information content (AvgIpc) is 3.15. The van der Waals surface area contributed by atoms with Crippen molar-refractivity contribution in [3.05, 3.63) is 71.1 Å². The van der Waals surface area contributed by atoms with Gasteiger partial charge in [-0.1, -0.05) is 5.16 Å². The fourth-order valence-electron chi connectivity index (χ4n) is 3.33. The summed E-state index contributed by atoms with van der Waals surface area (Å²) in [6.07, 6.45) is 3.87. The fraction of sp³-hybridized carbons (Fsp3) is 0.143. The van der Waals surface area contributed by atoms with E-state index in [-0.39, 0.29) is 18.1 Å². The maximum absolute atomic E-state index is 14.0. The highest BCUT2D eigenvalue weighted by molar-refractivity contribution is 6.09. The number of fused-ring (bicyclic) bond motifs is 5. The first-order valence-electron chi connectivity index (χ1n) is 9.05. The van der Waals surface area contributed by atoms with Gasteiger partial charge in [0, 0.05) is 22.9 Å². The molecular formula is C21H17FN6O2. The van der Waals surface area contributed by atoms with E-state index in [0.29, 0.717) is 39.5 Å². The molecule has 0 amide bonds. The first-order valence-corrected chi connectivity index (χ1v) is 9.05. The molecular weight excluding hydrogens is 387 g/mol. The van der Waals surface area contributed by atoms with Crippen LogP contribution in [-0.4, -0.2) is 15.9 Å². The second-order valence-electron chi connectivity index (χ2n) is 6.60. The first kappa shape index (κ1) is 19.1. The smallest absolute Gasteiger partial charge is 0.191 e. The minimum atomic E-state index is -0.580. The number of benzene rings is 1. The zero-order valence-corrected chi connectivity index (χ0v) is 16.0. The van der Waals surface area contributed by atoms with Gasteiger partial charge in [0.2, 0.25) is 0 Å². The van der Waals surface area contributed by atoms with E-state index < -0.39 is 11.9 Å². The third-order valence-electron chi connectivity index (χ3n) is 4.72. The molecule has 0 spiro atoms. The second-order valence-corrected chi connectivity index (χ2v) is 6.60. The van der Waals surface area contributed by atoms with Gasteiger partial charge in [-0.05, 0) is 43.5 Å². The van der Waals surface area contributed by atoms with Gasteiger partial charge in [-0.3, -0.25) is 4.99 Å². The van der Waals surface area contributed by atoms with Crippen LogP contribution in [0.1, 0.15) is 35.6 Å². The highest BCUT2D eigenvalue weighted by Crippen LogP contribution is 2.35. The molecule has 150 valence electrons.